The Morgan fingerprint density at radius 1 is 1.25 bits per heavy atom. The van der Waals surface area contributed by atoms with Crippen LogP contribution in [0.1, 0.15) is 50.7 Å². The van der Waals surface area contributed by atoms with Gasteiger partial charge in [0.2, 0.25) is 0 Å². The number of carbonyl (C=O) groups excluding carboxylic acids is 1. The Bertz CT molecular complexity index is 744. The van der Waals surface area contributed by atoms with Crippen LogP contribution in [0.25, 0.3) is 5.69 Å². The zero-order valence-electron chi connectivity index (χ0n) is 15.0. The molecule has 2 heterocycles. The average molecular weight is 327 g/mol. The second kappa shape index (κ2) is 5.96. The highest BCUT2D eigenvalue weighted by atomic mass is 16.6. The molecular formula is C19H25N3O2. The van der Waals surface area contributed by atoms with Gasteiger partial charge in [-0.3, -0.25) is 4.90 Å². The average Bonchev–Trinajstić information content (AvgIpc) is 2.85. The Hall–Kier alpha value is -2.30. The van der Waals surface area contributed by atoms with Crippen LogP contribution in [0.3, 0.4) is 0 Å². The number of hydrogen-bond acceptors (Lipinski definition) is 3. The lowest BCUT2D eigenvalue weighted by atomic mass is 9.99. The Morgan fingerprint density at radius 2 is 1.92 bits per heavy atom. The molecule has 1 atom stereocenters. The first kappa shape index (κ1) is 16.6. The van der Waals surface area contributed by atoms with Gasteiger partial charge < -0.3 is 4.74 Å². The topological polar surface area (TPSA) is 47.4 Å². The van der Waals surface area contributed by atoms with Crippen molar-refractivity contribution in [2.24, 2.45) is 0 Å². The summed E-state index contributed by atoms with van der Waals surface area (Å²) in [4.78, 5) is 14.2. The van der Waals surface area contributed by atoms with Gasteiger partial charge in [0.15, 0.2) is 0 Å². The van der Waals surface area contributed by atoms with Gasteiger partial charge in [0.25, 0.3) is 0 Å². The Kier molecular flexibility index (Phi) is 4.11. The van der Waals surface area contributed by atoms with Crippen molar-refractivity contribution in [1.82, 2.24) is 14.7 Å². The molecule has 3 rings (SSSR count). The minimum atomic E-state index is -0.490. The summed E-state index contributed by atoms with van der Waals surface area (Å²) in [5.41, 5.74) is 3.91. The molecule has 0 N–H and O–H groups in total. The fraction of sp³-hybridized carbons (Fsp3) is 0.474. The van der Waals surface area contributed by atoms with Gasteiger partial charge in [0, 0.05) is 17.8 Å². The van der Waals surface area contributed by atoms with E-state index >= 15 is 0 Å². The summed E-state index contributed by atoms with van der Waals surface area (Å²) in [6, 6.07) is 10.0. The van der Waals surface area contributed by atoms with E-state index in [0.717, 1.165) is 23.5 Å². The molecule has 0 bridgehead atoms. The van der Waals surface area contributed by atoms with Crippen LogP contribution in [-0.4, -0.2) is 32.9 Å². The normalized spacial score (nSPS) is 17.5. The van der Waals surface area contributed by atoms with E-state index < -0.39 is 5.60 Å². The van der Waals surface area contributed by atoms with Gasteiger partial charge in [0.1, 0.15) is 5.60 Å². The molecule has 0 aliphatic carbocycles. The number of nitrogens with zero attached hydrogens (tertiary/aromatic N) is 3. The highest BCUT2D eigenvalue weighted by molar-refractivity contribution is 5.69. The van der Waals surface area contributed by atoms with Gasteiger partial charge in [-0.05, 0) is 53.2 Å². The Labute approximate surface area is 143 Å². The van der Waals surface area contributed by atoms with Crippen molar-refractivity contribution in [3.8, 4) is 5.69 Å². The number of carbonyl (C=O) groups is 1. The van der Waals surface area contributed by atoms with Crippen LogP contribution in [0.5, 0.6) is 0 Å². The molecule has 5 heteroatoms. The third-order valence-electron chi connectivity index (χ3n) is 4.37. The number of fused-ring (bicyclic) bond motifs is 1. The van der Waals surface area contributed by atoms with E-state index in [-0.39, 0.29) is 12.1 Å². The fourth-order valence-electron chi connectivity index (χ4n) is 3.17. The molecule has 0 saturated heterocycles. The summed E-state index contributed by atoms with van der Waals surface area (Å²) >= 11 is 0. The van der Waals surface area contributed by atoms with Gasteiger partial charge in [-0.25, -0.2) is 9.48 Å². The zero-order valence-corrected chi connectivity index (χ0v) is 15.0. The molecule has 128 valence electrons. The van der Waals surface area contributed by atoms with Crippen molar-refractivity contribution in [1.29, 1.82) is 0 Å². The van der Waals surface area contributed by atoms with Crippen LogP contribution in [0.2, 0.25) is 0 Å². The lowest BCUT2D eigenvalue weighted by Crippen LogP contribution is -2.42. The van der Waals surface area contributed by atoms with Crippen LogP contribution in [0.4, 0.5) is 4.79 Å². The van der Waals surface area contributed by atoms with Crippen molar-refractivity contribution in [3.05, 3.63) is 47.3 Å². The number of rotatable bonds is 1. The summed E-state index contributed by atoms with van der Waals surface area (Å²) in [5, 5.41) is 4.80. The van der Waals surface area contributed by atoms with Crippen molar-refractivity contribution < 1.29 is 9.53 Å². The molecule has 2 aromatic rings. The second-order valence-corrected chi connectivity index (χ2v) is 7.30. The third kappa shape index (κ3) is 3.03. The first-order valence-electron chi connectivity index (χ1n) is 8.41. The molecule has 0 radical (unpaired) electrons. The number of amides is 1. The van der Waals surface area contributed by atoms with Crippen LogP contribution >= 0.6 is 0 Å². The molecule has 1 aromatic carbocycles. The smallest absolute Gasteiger partial charge is 0.410 e. The summed E-state index contributed by atoms with van der Waals surface area (Å²) in [6.45, 7) is 10.4. The fourth-order valence-corrected chi connectivity index (χ4v) is 3.17. The standard InChI is InChI=1S/C19H25N3O2/c1-13-16-11-12-21(18(23)24-19(3,4)5)14(2)17(16)20-22(13)15-9-7-6-8-10-15/h6-10,14H,11-12H2,1-5H3/t14-/m1/s1. The summed E-state index contributed by atoms with van der Waals surface area (Å²) in [7, 11) is 0. The molecule has 0 saturated carbocycles. The van der Waals surface area contributed by atoms with Crippen LogP contribution in [0.15, 0.2) is 30.3 Å². The maximum absolute atomic E-state index is 12.5. The number of para-hydroxylation sites is 1. The summed E-state index contributed by atoms with van der Waals surface area (Å²) in [5.74, 6) is 0. The van der Waals surface area contributed by atoms with Crippen molar-refractivity contribution in [2.75, 3.05) is 6.54 Å². The third-order valence-corrected chi connectivity index (χ3v) is 4.37. The quantitative estimate of drug-likeness (QED) is 0.794. The van der Waals surface area contributed by atoms with Gasteiger partial charge in [-0.1, -0.05) is 18.2 Å². The molecule has 1 aliphatic heterocycles. The molecule has 1 aliphatic rings. The highest BCUT2D eigenvalue weighted by Gasteiger charge is 2.34. The van der Waals surface area contributed by atoms with E-state index in [4.69, 9.17) is 9.84 Å². The minimum absolute atomic E-state index is 0.0905. The first-order chi connectivity index (χ1) is 11.3. The van der Waals surface area contributed by atoms with Crippen LogP contribution in [0, 0.1) is 6.92 Å². The van der Waals surface area contributed by atoms with Gasteiger partial charge in [-0.2, -0.15) is 5.10 Å². The maximum Gasteiger partial charge on any atom is 0.410 e. The van der Waals surface area contributed by atoms with Crippen molar-refractivity contribution >= 4 is 6.09 Å². The zero-order chi connectivity index (χ0) is 17.5. The van der Waals surface area contributed by atoms with Gasteiger partial charge in [-0.15, -0.1) is 0 Å². The SMILES string of the molecule is Cc1c2c(nn1-c1ccccc1)[C@@H](C)N(C(=O)OC(C)(C)C)CC2. The lowest BCUT2D eigenvalue weighted by Gasteiger charge is -2.34. The monoisotopic (exact) mass is 327 g/mol. The summed E-state index contributed by atoms with van der Waals surface area (Å²) in [6.07, 6.45) is 0.532. The van der Waals surface area contributed by atoms with Crippen molar-refractivity contribution in [2.45, 2.75) is 52.7 Å². The van der Waals surface area contributed by atoms with Gasteiger partial charge in [0.05, 0.1) is 17.4 Å². The molecule has 1 amide bonds. The predicted octanol–water partition coefficient (Wildman–Crippen LogP) is 4.03. The van der Waals surface area contributed by atoms with Crippen LogP contribution in [-0.2, 0) is 11.2 Å². The van der Waals surface area contributed by atoms with Crippen LogP contribution < -0.4 is 0 Å². The summed E-state index contributed by atoms with van der Waals surface area (Å²) < 4.78 is 7.51. The molecule has 0 fully saturated rings. The highest BCUT2D eigenvalue weighted by Crippen LogP contribution is 2.32. The molecule has 5 nitrogen and oxygen atoms in total. The van der Waals surface area contributed by atoms with E-state index in [2.05, 4.69) is 6.92 Å². The van der Waals surface area contributed by atoms with E-state index in [9.17, 15) is 4.79 Å². The largest absolute Gasteiger partial charge is 0.444 e. The number of benzene rings is 1. The van der Waals surface area contributed by atoms with E-state index in [1.165, 1.54) is 5.56 Å². The number of hydrogen-bond donors (Lipinski definition) is 0. The predicted molar refractivity (Wildman–Crippen MR) is 93.4 cm³/mol. The number of aromatic nitrogens is 2. The minimum Gasteiger partial charge on any atom is -0.444 e. The van der Waals surface area contributed by atoms with E-state index in [1.54, 1.807) is 4.90 Å². The molecule has 0 spiro atoms. The molecule has 1 aromatic heterocycles. The lowest BCUT2D eigenvalue weighted by molar-refractivity contribution is 0.0155. The molecular weight excluding hydrogens is 302 g/mol. The van der Waals surface area contributed by atoms with E-state index in [1.807, 2.05) is 62.7 Å². The second-order valence-electron chi connectivity index (χ2n) is 7.30. The Morgan fingerprint density at radius 3 is 2.54 bits per heavy atom. The number of ether oxygens (including phenoxy) is 1. The van der Waals surface area contributed by atoms with Gasteiger partial charge >= 0.3 is 6.09 Å². The molecule has 0 unspecified atom stereocenters. The first-order valence-corrected chi connectivity index (χ1v) is 8.41. The molecule has 24 heavy (non-hydrogen) atoms. The maximum atomic E-state index is 12.5. The van der Waals surface area contributed by atoms with E-state index in [0.29, 0.717) is 6.54 Å². The van der Waals surface area contributed by atoms with Crippen molar-refractivity contribution in [3.63, 3.8) is 0 Å². The Balaban J connectivity index is 1.91.